The molecular formula is C17H32N2O3. The summed E-state index contributed by atoms with van der Waals surface area (Å²) in [4.78, 5) is 14.3. The second kappa shape index (κ2) is 7.64. The molecule has 2 atom stereocenters. The van der Waals surface area contributed by atoms with Crippen molar-refractivity contribution in [1.29, 1.82) is 0 Å². The normalized spacial score (nSPS) is 26.4. The molecular weight excluding hydrogens is 280 g/mol. The molecule has 0 radical (unpaired) electrons. The molecule has 1 aliphatic carbocycles. The van der Waals surface area contributed by atoms with Crippen molar-refractivity contribution in [3.8, 4) is 0 Å². The highest BCUT2D eigenvalue weighted by molar-refractivity contribution is 5.68. The Bertz CT molecular complexity index is 359. The molecule has 0 bridgehead atoms. The smallest absolute Gasteiger partial charge is 0.410 e. The van der Waals surface area contributed by atoms with Crippen LogP contribution in [0.15, 0.2) is 0 Å². The van der Waals surface area contributed by atoms with E-state index in [9.17, 15) is 4.79 Å². The van der Waals surface area contributed by atoms with Crippen molar-refractivity contribution in [2.45, 2.75) is 77.0 Å². The van der Waals surface area contributed by atoms with Gasteiger partial charge in [-0.15, -0.1) is 0 Å². The van der Waals surface area contributed by atoms with Gasteiger partial charge in [-0.25, -0.2) is 4.79 Å². The molecule has 0 aromatic carbocycles. The van der Waals surface area contributed by atoms with E-state index >= 15 is 0 Å². The van der Waals surface area contributed by atoms with Crippen LogP contribution in [0.5, 0.6) is 0 Å². The SMILES string of the molecule is CC(C)(C)OC(=O)N1CCOCC1C(N)C1CCCCCC1. The molecule has 1 heterocycles. The fourth-order valence-electron chi connectivity index (χ4n) is 3.50. The largest absolute Gasteiger partial charge is 0.444 e. The molecule has 5 heteroatoms. The number of hydrogen-bond acceptors (Lipinski definition) is 4. The first-order valence-electron chi connectivity index (χ1n) is 8.71. The lowest BCUT2D eigenvalue weighted by molar-refractivity contribution is -0.0430. The van der Waals surface area contributed by atoms with Gasteiger partial charge in [-0.2, -0.15) is 0 Å². The molecule has 1 saturated carbocycles. The first-order chi connectivity index (χ1) is 10.4. The van der Waals surface area contributed by atoms with Gasteiger partial charge >= 0.3 is 6.09 Å². The lowest BCUT2D eigenvalue weighted by Gasteiger charge is -2.41. The van der Waals surface area contributed by atoms with Crippen LogP contribution in [0.4, 0.5) is 4.79 Å². The lowest BCUT2D eigenvalue weighted by Crippen LogP contribution is -2.59. The van der Waals surface area contributed by atoms with Crippen LogP contribution in [0.3, 0.4) is 0 Å². The Hall–Kier alpha value is -0.810. The minimum Gasteiger partial charge on any atom is -0.444 e. The minimum absolute atomic E-state index is 0.0223. The van der Waals surface area contributed by atoms with Crippen LogP contribution < -0.4 is 5.73 Å². The van der Waals surface area contributed by atoms with Gasteiger partial charge in [0.1, 0.15) is 5.60 Å². The fourth-order valence-corrected chi connectivity index (χ4v) is 3.50. The Labute approximate surface area is 134 Å². The lowest BCUT2D eigenvalue weighted by atomic mass is 9.87. The number of ether oxygens (including phenoxy) is 2. The van der Waals surface area contributed by atoms with Crippen molar-refractivity contribution in [2.24, 2.45) is 11.7 Å². The van der Waals surface area contributed by atoms with Crippen molar-refractivity contribution in [3.05, 3.63) is 0 Å². The van der Waals surface area contributed by atoms with E-state index in [1.54, 1.807) is 4.90 Å². The highest BCUT2D eigenvalue weighted by atomic mass is 16.6. The Morgan fingerprint density at radius 2 is 1.86 bits per heavy atom. The number of nitrogens with zero attached hydrogens (tertiary/aromatic N) is 1. The number of amides is 1. The van der Waals surface area contributed by atoms with Gasteiger partial charge in [0.2, 0.25) is 0 Å². The second-order valence-electron chi connectivity index (χ2n) is 7.64. The number of carbonyl (C=O) groups excluding carboxylic acids is 1. The predicted molar refractivity (Wildman–Crippen MR) is 86.7 cm³/mol. The number of nitrogens with two attached hydrogens (primary N) is 1. The van der Waals surface area contributed by atoms with Gasteiger partial charge in [-0.05, 0) is 39.5 Å². The number of hydrogen-bond donors (Lipinski definition) is 1. The fraction of sp³-hybridized carbons (Fsp3) is 0.941. The zero-order chi connectivity index (χ0) is 16.2. The van der Waals surface area contributed by atoms with Crippen molar-refractivity contribution in [2.75, 3.05) is 19.8 Å². The maximum absolute atomic E-state index is 12.5. The maximum Gasteiger partial charge on any atom is 0.410 e. The molecule has 22 heavy (non-hydrogen) atoms. The molecule has 128 valence electrons. The molecule has 0 spiro atoms. The van der Waals surface area contributed by atoms with Gasteiger partial charge in [0.15, 0.2) is 0 Å². The predicted octanol–water partition coefficient (Wildman–Crippen LogP) is 2.92. The minimum atomic E-state index is -0.480. The van der Waals surface area contributed by atoms with Crippen LogP contribution in [-0.4, -0.2) is 48.4 Å². The van der Waals surface area contributed by atoms with E-state index < -0.39 is 5.60 Å². The monoisotopic (exact) mass is 312 g/mol. The Morgan fingerprint density at radius 1 is 1.23 bits per heavy atom. The first kappa shape index (κ1) is 17.5. The standard InChI is InChI=1S/C17H32N2O3/c1-17(2,3)22-16(20)19-10-11-21-12-14(19)15(18)13-8-6-4-5-7-9-13/h13-15H,4-12,18H2,1-3H3. The van der Waals surface area contributed by atoms with Crippen LogP contribution in [0.2, 0.25) is 0 Å². The van der Waals surface area contributed by atoms with Crippen LogP contribution in [-0.2, 0) is 9.47 Å². The summed E-state index contributed by atoms with van der Waals surface area (Å²) < 4.78 is 11.2. The molecule has 2 unspecified atom stereocenters. The van der Waals surface area contributed by atoms with E-state index in [4.69, 9.17) is 15.2 Å². The zero-order valence-electron chi connectivity index (χ0n) is 14.3. The highest BCUT2D eigenvalue weighted by Gasteiger charge is 2.37. The van der Waals surface area contributed by atoms with E-state index in [0.717, 1.165) is 0 Å². The highest BCUT2D eigenvalue weighted by Crippen LogP contribution is 2.28. The third-order valence-corrected chi connectivity index (χ3v) is 4.68. The molecule has 5 nitrogen and oxygen atoms in total. The van der Waals surface area contributed by atoms with Crippen molar-refractivity contribution in [3.63, 3.8) is 0 Å². The van der Waals surface area contributed by atoms with Crippen molar-refractivity contribution < 1.29 is 14.3 Å². The molecule has 1 amide bonds. The molecule has 2 fully saturated rings. The number of carbonyl (C=O) groups is 1. The summed E-state index contributed by atoms with van der Waals surface area (Å²) in [5.74, 6) is 0.485. The quantitative estimate of drug-likeness (QED) is 0.796. The van der Waals surface area contributed by atoms with Gasteiger partial charge in [0.25, 0.3) is 0 Å². The van der Waals surface area contributed by atoms with Crippen LogP contribution in [0.25, 0.3) is 0 Å². The van der Waals surface area contributed by atoms with Crippen LogP contribution in [0, 0.1) is 5.92 Å². The van der Waals surface area contributed by atoms with E-state index in [1.165, 1.54) is 38.5 Å². The molecule has 0 aromatic heterocycles. The van der Waals surface area contributed by atoms with Crippen molar-refractivity contribution >= 4 is 6.09 Å². The van der Waals surface area contributed by atoms with Gasteiger partial charge in [0.05, 0.1) is 19.3 Å². The number of rotatable bonds is 2. The molecule has 1 aliphatic heterocycles. The zero-order valence-corrected chi connectivity index (χ0v) is 14.3. The summed E-state index contributed by atoms with van der Waals surface area (Å²) in [5, 5.41) is 0. The summed E-state index contributed by atoms with van der Waals surface area (Å²) in [5.41, 5.74) is 6.08. The first-order valence-corrected chi connectivity index (χ1v) is 8.71. The van der Waals surface area contributed by atoms with E-state index in [1.807, 2.05) is 20.8 Å². The van der Waals surface area contributed by atoms with Gasteiger partial charge in [0, 0.05) is 12.6 Å². The second-order valence-corrected chi connectivity index (χ2v) is 7.64. The molecule has 2 rings (SSSR count). The number of morpholine rings is 1. The third-order valence-electron chi connectivity index (χ3n) is 4.68. The van der Waals surface area contributed by atoms with Crippen molar-refractivity contribution in [1.82, 2.24) is 4.90 Å². The maximum atomic E-state index is 12.5. The Balaban J connectivity index is 2.03. The summed E-state index contributed by atoms with van der Waals surface area (Å²) in [6.07, 6.45) is 7.18. The topological polar surface area (TPSA) is 64.8 Å². The van der Waals surface area contributed by atoms with Gasteiger partial charge in [-0.3, -0.25) is 4.90 Å². The Morgan fingerprint density at radius 3 is 2.45 bits per heavy atom. The molecule has 1 saturated heterocycles. The van der Waals surface area contributed by atoms with Gasteiger partial charge in [-0.1, -0.05) is 25.7 Å². The summed E-state index contributed by atoms with van der Waals surface area (Å²) in [7, 11) is 0. The summed E-state index contributed by atoms with van der Waals surface area (Å²) >= 11 is 0. The average molecular weight is 312 g/mol. The average Bonchev–Trinajstić information content (AvgIpc) is 2.74. The van der Waals surface area contributed by atoms with Gasteiger partial charge < -0.3 is 15.2 Å². The molecule has 0 aromatic rings. The Kier molecular flexibility index (Phi) is 6.09. The molecule has 2 aliphatic rings. The van der Waals surface area contributed by atoms with E-state index in [-0.39, 0.29) is 18.2 Å². The molecule has 2 N–H and O–H groups in total. The van der Waals surface area contributed by atoms with Crippen LogP contribution >= 0.6 is 0 Å². The summed E-state index contributed by atoms with van der Waals surface area (Å²) in [6.45, 7) is 7.34. The van der Waals surface area contributed by atoms with E-state index in [2.05, 4.69) is 0 Å². The summed E-state index contributed by atoms with van der Waals surface area (Å²) in [6, 6.07) is -0.0855. The van der Waals surface area contributed by atoms with Crippen LogP contribution in [0.1, 0.15) is 59.3 Å². The van der Waals surface area contributed by atoms with E-state index in [0.29, 0.717) is 25.7 Å². The third kappa shape index (κ3) is 4.85.